The van der Waals surface area contributed by atoms with Gasteiger partial charge in [0.1, 0.15) is 5.82 Å². The second-order valence-electron chi connectivity index (χ2n) is 4.63. The second kappa shape index (κ2) is 7.12. The number of alkyl halides is 3. The molecule has 1 heterocycles. The molecule has 1 N–H and O–H groups in total. The molecular formula is C13H18F3N3O. The summed E-state index contributed by atoms with van der Waals surface area (Å²) in [5, 5.41) is 2.92. The molecule has 1 amide bonds. The van der Waals surface area contributed by atoms with Crippen molar-refractivity contribution in [3.8, 4) is 0 Å². The quantitative estimate of drug-likeness (QED) is 0.819. The first-order chi connectivity index (χ1) is 9.29. The third-order valence-corrected chi connectivity index (χ3v) is 2.61. The number of hydrogen-bond donors (Lipinski definition) is 1. The first-order valence-corrected chi connectivity index (χ1v) is 6.28. The smallest absolute Gasteiger partial charge is 0.370 e. The number of amides is 1. The van der Waals surface area contributed by atoms with Gasteiger partial charge in [0.2, 0.25) is 0 Å². The summed E-state index contributed by atoms with van der Waals surface area (Å²) < 4.78 is 35.8. The summed E-state index contributed by atoms with van der Waals surface area (Å²) in [7, 11) is 3.30. The Kier molecular flexibility index (Phi) is 5.79. The van der Waals surface area contributed by atoms with Crippen LogP contribution >= 0.6 is 0 Å². The van der Waals surface area contributed by atoms with Crippen molar-refractivity contribution >= 4 is 11.7 Å². The van der Waals surface area contributed by atoms with Crippen LogP contribution in [0.15, 0.2) is 18.3 Å². The third-order valence-electron chi connectivity index (χ3n) is 2.61. The number of carbonyl (C=O) groups is 1. The molecule has 4 nitrogen and oxygen atoms in total. The lowest BCUT2D eigenvalue weighted by atomic mass is 10.2. The van der Waals surface area contributed by atoms with E-state index in [1.807, 2.05) is 0 Å². The Labute approximate surface area is 116 Å². The summed E-state index contributed by atoms with van der Waals surface area (Å²) in [6.07, 6.45) is -2.90. The Balaban J connectivity index is 2.34. The number of carbonyl (C=O) groups excluding carboxylic acids is 1. The fourth-order valence-electron chi connectivity index (χ4n) is 1.55. The molecule has 0 saturated heterocycles. The highest BCUT2D eigenvalue weighted by molar-refractivity contribution is 5.93. The van der Waals surface area contributed by atoms with Gasteiger partial charge >= 0.3 is 6.18 Å². The zero-order valence-corrected chi connectivity index (χ0v) is 11.5. The van der Waals surface area contributed by atoms with Crippen LogP contribution in [0.25, 0.3) is 0 Å². The Morgan fingerprint density at radius 1 is 1.30 bits per heavy atom. The maximum absolute atomic E-state index is 11.9. The summed E-state index contributed by atoms with van der Waals surface area (Å²) >= 11 is 0. The normalized spacial score (nSPS) is 11.2. The predicted octanol–water partition coefficient (Wildman–Crippen LogP) is 2.93. The lowest BCUT2D eigenvalue weighted by Crippen LogP contribution is -2.21. The minimum absolute atomic E-state index is 0.0910. The average Bonchev–Trinajstić information content (AvgIpc) is 2.37. The van der Waals surface area contributed by atoms with Crippen LogP contribution in [-0.2, 0) is 0 Å². The molecule has 0 spiro atoms. The zero-order valence-electron chi connectivity index (χ0n) is 11.5. The number of hydrogen-bond acceptors (Lipinski definition) is 3. The molecule has 0 bridgehead atoms. The Bertz CT molecular complexity index is 429. The molecule has 0 aromatic carbocycles. The maximum Gasteiger partial charge on any atom is 0.389 e. The molecule has 0 saturated carbocycles. The standard InChI is InChI=1S/C13H18F3N3O/c1-19(2)12(20)10-5-6-11(18-9-10)17-8-4-3-7-13(14,15)16/h5-6,9H,3-4,7-8H2,1-2H3,(H,17,18). The van der Waals surface area contributed by atoms with Crippen LogP contribution < -0.4 is 5.32 Å². The molecular weight excluding hydrogens is 271 g/mol. The Morgan fingerprint density at radius 3 is 2.50 bits per heavy atom. The van der Waals surface area contributed by atoms with Crippen LogP contribution in [0.1, 0.15) is 29.6 Å². The van der Waals surface area contributed by atoms with Crippen LogP contribution in [0.3, 0.4) is 0 Å². The SMILES string of the molecule is CN(C)C(=O)c1ccc(NCCCCC(F)(F)F)nc1. The number of anilines is 1. The molecule has 0 fully saturated rings. The predicted molar refractivity (Wildman–Crippen MR) is 70.7 cm³/mol. The van der Waals surface area contributed by atoms with Crippen LogP contribution in [0.5, 0.6) is 0 Å². The minimum Gasteiger partial charge on any atom is -0.370 e. The van der Waals surface area contributed by atoms with Crippen molar-refractivity contribution in [3.05, 3.63) is 23.9 Å². The number of nitrogens with zero attached hydrogens (tertiary/aromatic N) is 2. The van der Waals surface area contributed by atoms with Gasteiger partial charge in [-0.1, -0.05) is 0 Å². The third kappa shape index (κ3) is 5.90. The van der Waals surface area contributed by atoms with E-state index in [1.54, 1.807) is 26.2 Å². The van der Waals surface area contributed by atoms with Gasteiger partial charge in [0, 0.05) is 33.3 Å². The van der Waals surface area contributed by atoms with Gasteiger partial charge in [0.25, 0.3) is 5.91 Å². The van der Waals surface area contributed by atoms with Gasteiger partial charge in [-0.05, 0) is 25.0 Å². The minimum atomic E-state index is -4.09. The number of halogens is 3. The van der Waals surface area contributed by atoms with Crippen molar-refractivity contribution in [1.82, 2.24) is 9.88 Å². The highest BCUT2D eigenvalue weighted by atomic mass is 19.4. The van der Waals surface area contributed by atoms with E-state index in [4.69, 9.17) is 0 Å². The van der Waals surface area contributed by atoms with Gasteiger partial charge in [-0.3, -0.25) is 4.79 Å². The molecule has 0 aliphatic carbocycles. The van der Waals surface area contributed by atoms with Crippen molar-refractivity contribution < 1.29 is 18.0 Å². The fraction of sp³-hybridized carbons (Fsp3) is 0.538. The zero-order chi connectivity index (χ0) is 15.2. The number of aromatic nitrogens is 1. The highest BCUT2D eigenvalue weighted by Crippen LogP contribution is 2.22. The van der Waals surface area contributed by atoms with Gasteiger partial charge in [0.15, 0.2) is 0 Å². The first-order valence-electron chi connectivity index (χ1n) is 6.28. The van der Waals surface area contributed by atoms with Gasteiger partial charge < -0.3 is 10.2 Å². The van der Waals surface area contributed by atoms with E-state index in [0.717, 1.165) is 0 Å². The largest absolute Gasteiger partial charge is 0.389 e. The molecule has 1 rings (SSSR count). The molecule has 0 aliphatic heterocycles. The summed E-state index contributed by atoms with van der Waals surface area (Å²) in [6, 6.07) is 3.27. The van der Waals surface area contributed by atoms with Crippen LogP contribution in [-0.4, -0.2) is 42.6 Å². The number of rotatable bonds is 6. The Morgan fingerprint density at radius 2 is 2.00 bits per heavy atom. The lowest BCUT2D eigenvalue weighted by molar-refractivity contribution is -0.135. The highest BCUT2D eigenvalue weighted by Gasteiger charge is 2.25. The molecule has 1 aromatic rings. The van der Waals surface area contributed by atoms with Gasteiger partial charge in [-0.2, -0.15) is 13.2 Å². The molecule has 112 valence electrons. The Hall–Kier alpha value is -1.79. The molecule has 0 atom stereocenters. The van der Waals surface area contributed by atoms with Crippen LogP contribution in [0.2, 0.25) is 0 Å². The average molecular weight is 289 g/mol. The van der Waals surface area contributed by atoms with Gasteiger partial charge in [-0.25, -0.2) is 4.98 Å². The number of pyridine rings is 1. The van der Waals surface area contributed by atoms with E-state index in [2.05, 4.69) is 10.3 Å². The van der Waals surface area contributed by atoms with E-state index in [9.17, 15) is 18.0 Å². The molecule has 0 aliphatic rings. The summed E-state index contributed by atoms with van der Waals surface area (Å²) in [5.41, 5.74) is 0.470. The molecule has 20 heavy (non-hydrogen) atoms. The van der Waals surface area contributed by atoms with E-state index < -0.39 is 12.6 Å². The van der Waals surface area contributed by atoms with E-state index in [-0.39, 0.29) is 12.3 Å². The topological polar surface area (TPSA) is 45.2 Å². The number of unbranched alkanes of at least 4 members (excludes halogenated alkanes) is 1. The molecule has 0 unspecified atom stereocenters. The summed E-state index contributed by atoms with van der Waals surface area (Å²) in [6.45, 7) is 0.421. The van der Waals surface area contributed by atoms with E-state index in [0.29, 0.717) is 24.3 Å². The first kappa shape index (κ1) is 16.3. The van der Waals surface area contributed by atoms with Gasteiger partial charge in [-0.15, -0.1) is 0 Å². The monoisotopic (exact) mass is 289 g/mol. The maximum atomic E-state index is 11.9. The van der Waals surface area contributed by atoms with Crippen molar-refractivity contribution in [2.75, 3.05) is 26.0 Å². The van der Waals surface area contributed by atoms with Crippen molar-refractivity contribution in [3.63, 3.8) is 0 Å². The van der Waals surface area contributed by atoms with Gasteiger partial charge in [0.05, 0.1) is 5.56 Å². The van der Waals surface area contributed by atoms with E-state index >= 15 is 0 Å². The second-order valence-corrected chi connectivity index (χ2v) is 4.63. The van der Waals surface area contributed by atoms with Crippen molar-refractivity contribution in [1.29, 1.82) is 0 Å². The van der Waals surface area contributed by atoms with E-state index in [1.165, 1.54) is 11.1 Å². The lowest BCUT2D eigenvalue weighted by Gasteiger charge is -2.11. The summed E-state index contributed by atoms with van der Waals surface area (Å²) in [5.74, 6) is 0.404. The van der Waals surface area contributed by atoms with Crippen LogP contribution in [0, 0.1) is 0 Å². The molecule has 0 radical (unpaired) electrons. The summed E-state index contributed by atoms with van der Waals surface area (Å²) in [4.78, 5) is 17.1. The number of nitrogens with one attached hydrogen (secondary N) is 1. The molecule has 1 aromatic heterocycles. The van der Waals surface area contributed by atoms with Crippen molar-refractivity contribution in [2.24, 2.45) is 0 Å². The van der Waals surface area contributed by atoms with Crippen LogP contribution in [0.4, 0.5) is 19.0 Å². The molecule has 7 heteroatoms. The van der Waals surface area contributed by atoms with Crippen molar-refractivity contribution in [2.45, 2.75) is 25.4 Å². The fourth-order valence-corrected chi connectivity index (χ4v) is 1.55.